The van der Waals surface area contributed by atoms with E-state index in [-0.39, 0.29) is 16.5 Å². The molecule has 0 aliphatic heterocycles. The van der Waals surface area contributed by atoms with Crippen molar-refractivity contribution in [1.82, 2.24) is 4.98 Å². The fourth-order valence-corrected chi connectivity index (χ4v) is 4.95. The van der Waals surface area contributed by atoms with Crippen molar-refractivity contribution < 1.29 is 18.3 Å². The number of carbonyl (C=O) groups excluding carboxylic acids is 1. The topological polar surface area (TPSA) is 115 Å². The number of aromatic nitrogens is 1. The summed E-state index contributed by atoms with van der Waals surface area (Å²) >= 11 is 3.33. The molecule has 0 spiro atoms. The van der Waals surface area contributed by atoms with E-state index in [2.05, 4.69) is 31.1 Å². The zero-order valence-electron chi connectivity index (χ0n) is 16.5. The molecule has 0 bridgehead atoms. The van der Waals surface area contributed by atoms with Crippen molar-refractivity contribution in [2.75, 3.05) is 10.8 Å². The second-order valence-electron chi connectivity index (χ2n) is 6.77. The fourth-order valence-electron chi connectivity index (χ4n) is 3.14. The van der Waals surface area contributed by atoms with Gasteiger partial charge in [-0.2, -0.15) is 0 Å². The van der Waals surface area contributed by atoms with Gasteiger partial charge in [0.1, 0.15) is 6.54 Å². The summed E-state index contributed by atoms with van der Waals surface area (Å²) < 4.78 is 28.2. The van der Waals surface area contributed by atoms with Gasteiger partial charge in [0.2, 0.25) is 5.88 Å². The Hall–Kier alpha value is -3.50. The number of amides is 1. The number of hydrogen-bond donors (Lipinski definition) is 2. The number of fused-ring (bicyclic) bond motifs is 1. The minimum Gasteiger partial charge on any atom is -0.493 e. The third-order valence-corrected chi connectivity index (χ3v) is 6.91. The van der Waals surface area contributed by atoms with Gasteiger partial charge in [0.05, 0.1) is 16.1 Å². The standard InChI is InChI=1S/C22H17BrN4O4S/c23-15-7-6-8-16(13-15)27(32(30,31)17-9-2-1-3-10-17)14-20(28)25-26-21-18-11-4-5-12-19(18)24-22(21)29/h1-13,24,29H,14H2. The van der Waals surface area contributed by atoms with Crippen molar-refractivity contribution in [3.63, 3.8) is 0 Å². The van der Waals surface area contributed by atoms with Crippen molar-refractivity contribution in [1.29, 1.82) is 0 Å². The first-order chi connectivity index (χ1) is 15.4. The SMILES string of the molecule is O=C(CN(c1cccc(Br)c1)S(=O)(=O)c1ccccc1)N=Nc1c(O)[nH]c2ccccc12. The molecule has 0 saturated carbocycles. The van der Waals surface area contributed by atoms with Crippen LogP contribution in [0.15, 0.2) is 98.5 Å². The van der Waals surface area contributed by atoms with Crippen molar-refractivity contribution >= 4 is 54.1 Å². The number of halogens is 1. The Morgan fingerprint density at radius 2 is 1.72 bits per heavy atom. The first kappa shape index (κ1) is 21.7. The van der Waals surface area contributed by atoms with E-state index in [0.717, 1.165) is 4.31 Å². The molecule has 10 heteroatoms. The van der Waals surface area contributed by atoms with Gasteiger partial charge in [0, 0.05) is 9.86 Å². The van der Waals surface area contributed by atoms with Gasteiger partial charge in [0.25, 0.3) is 15.9 Å². The minimum absolute atomic E-state index is 0.0407. The van der Waals surface area contributed by atoms with E-state index in [1.54, 1.807) is 66.7 Å². The molecule has 0 aliphatic rings. The van der Waals surface area contributed by atoms with Crippen molar-refractivity contribution in [3.8, 4) is 5.88 Å². The Bertz CT molecular complexity index is 1420. The highest BCUT2D eigenvalue weighted by atomic mass is 79.9. The Balaban J connectivity index is 1.67. The van der Waals surface area contributed by atoms with Gasteiger partial charge in [-0.15, -0.1) is 10.2 Å². The molecule has 162 valence electrons. The number of benzene rings is 3. The number of anilines is 1. The van der Waals surface area contributed by atoms with E-state index < -0.39 is 22.5 Å². The minimum atomic E-state index is -4.05. The normalized spacial score (nSPS) is 11.8. The predicted molar refractivity (Wildman–Crippen MR) is 125 cm³/mol. The maximum absolute atomic E-state index is 13.3. The van der Waals surface area contributed by atoms with Crippen molar-refractivity contribution in [2.45, 2.75) is 4.90 Å². The first-order valence-corrected chi connectivity index (χ1v) is 11.7. The molecular formula is C22H17BrN4O4S. The van der Waals surface area contributed by atoms with Gasteiger partial charge in [0.15, 0.2) is 5.69 Å². The fraction of sp³-hybridized carbons (Fsp3) is 0.0455. The molecule has 0 fully saturated rings. The molecule has 0 saturated heterocycles. The van der Waals surface area contributed by atoms with Crippen LogP contribution in [0.2, 0.25) is 0 Å². The molecule has 32 heavy (non-hydrogen) atoms. The molecule has 0 aliphatic carbocycles. The van der Waals surface area contributed by atoms with E-state index in [9.17, 15) is 18.3 Å². The number of para-hydroxylation sites is 1. The Kier molecular flexibility index (Phi) is 6.06. The summed E-state index contributed by atoms with van der Waals surface area (Å²) in [5, 5.41) is 18.2. The molecule has 3 aromatic carbocycles. The first-order valence-electron chi connectivity index (χ1n) is 9.44. The number of rotatable bonds is 6. The lowest BCUT2D eigenvalue weighted by molar-refractivity contribution is -0.116. The molecule has 4 aromatic rings. The molecule has 1 heterocycles. The number of nitrogens with one attached hydrogen (secondary N) is 1. The molecule has 8 nitrogen and oxygen atoms in total. The number of aromatic amines is 1. The average molecular weight is 513 g/mol. The van der Waals surface area contributed by atoms with Gasteiger partial charge in [-0.3, -0.25) is 9.10 Å². The molecule has 2 N–H and O–H groups in total. The molecule has 1 amide bonds. The summed E-state index contributed by atoms with van der Waals surface area (Å²) in [6.07, 6.45) is 0. The second-order valence-corrected chi connectivity index (χ2v) is 9.54. The van der Waals surface area contributed by atoms with Gasteiger partial charge < -0.3 is 10.1 Å². The maximum Gasteiger partial charge on any atom is 0.285 e. The van der Waals surface area contributed by atoms with E-state index >= 15 is 0 Å². The van der Waals surface area contributed by atoms with E-state index in [4.69, 9.17) is 0 Å². The zero-order valence-corrected chi connectivity index (χ0v) is 18.9. The lowest BCUT2D eigenvalue weighted by atomic mass is 10.2. The van der Waals surface area contributed by atoms with Crippen molar-refractivity contribution in [3.05, 3.63) is 83.3 Å². The molecule has 1 aromatic heterocycles. The summed E-state index contributed by atoms with van der Waals surface area (Å²) in [4.78, 5) is 15.5. The summed E-state index contributed by atoms with van der Waals surface area (Å²) in [6, 6.07) is 21.4. The van der Waals surface area contributed by atoms with Crippen LogP contribution >= 0.6 is 15.9 Å². The monoisotopic (exact) mass is 512 g/mol. The lowest BCUT2D eigenvalue weighted by Crippen LogP contribution is -2.35. The van der Waals surface area contributed by atoms with Gasteiger partial charge >= 0.3 is 0 Å². The van der Waals surface area contributed by atoms with Crippen LogP contribution in [0.5, 0.6) is 5.88 Å². The van der Waals surface area contributed by atoms with Crippen LogP contribution in [0.1, 0.15) is 0 Å². The summed E-state index contributed by atoms with van der Waals surface area (Å²) in [6.45, 7) is -0.569. The quantitative estimate of drug-likeness (QED) is 0.348. The zero-order chi connectivity index (χ0) is 22.7. The Morgan fingerprint density at radius 1 is 1.00 bits per heavy atom. The number of hydrogen-bond acceptors (Lipinski definition) is 5. The molecular weight excluding hydrogens is 496 g/mol. The third kappa shape index (κ3) is 4.41. The van der Waals surface area contributed by atoms with Gasteiger partial charge in [-0.25, -0.2) is 8.42 Å². The Morgan fingerprint density at radius 3 is 2.47 bits per heavy atom. The number of carbonyl (C=O) groups is 1. The smallest absolute Gasteiger partial charge is 0.285 e. The maximum atomic E-state index is 13.3. The van der Waals surface area contributed by atoms with Crippen LogP contribution < -0.4 is 4.31 Å². The predicted octanol–water partition coefficient (Wildman–Crippen LogP) is 5.14. The molecule has 0 radical (unpaired) electrons. The van der Waals surface area contributed by atoms with Crippen LogP contribution in [-0.2, 0) is 14.8 Å². The lowest BCUT2D eigenvalue weighted by Gasteiger charge is -2.23. The van der Waals surface area contributed by atoms with Crippen molar-refractivity contribution in [2.24, 2.45) is 10.2 Å². The number of sulfonamides is 1. The van der Waals surface area contributed by atoms with E-state index in [0.29, 0.717) is 21.1 Å². The summed E-state index contributed by atoms with van der Waals surface area (Å²) in [5.74, 6) is -1.03. The second kappa shape index (κ2) is 8.93. The van der Waals surface area contributed by atoms with Crippen LogP contribution in [0.4, 0.5) is 11.4 Å². The van der Waals surface area contributed by atoms with Gasteiger partial charge in [-0.05, 0) is 36.4 Å². The molecule has 0 unspecified atom stereocenters. The number of azo groups is 1. The highest BCUT2D eigenvalue weighted by molar-refractivity contribution is 9.10. The number of H-pyrrole nitrogens is 1. The summed E-state index contributed by atoms with van der Waals surface area (Å²) in [5.41, 5.74) is 1.03. The van der Waals surface area contributed by atoms with Gasteiger partial charge in [-0.1, -0.05) is 58.4 Å². The van der Waals surface area contributed by atoms with Crippen LogP contribution in [0.25, 0.3) is 10.9 Å². The van der Waals surface area contributed by atoms with E-state index in [1.807, 2.05) is 0 Å². The average Bonchev–Trinajstić information content (AvgIpc) is 3.11. The largest absolute Gasteiger partial charge is 0.493 e. The molecule has 0 atom stereocenters. The highest BCUT2D eigenvalue weighted by Gasteiger charge is 2.27. The van der Waals surface area contributed by atoms with E-state index in [1.165, 1.54) is 12.1 Å². The van der Waals surface area contributed by atoms with Crippen LogP contribution in [0, 0.1) is 0 Å². The number of nitrogens with zero attached hydrogens (tertiary/aromatic N) is 3. The highest BCUT2D eigenvalue weighted by Crippen LogP contribution is 2.35. The summed E-state index contributed by atoms with van der Waals surface area (Å²) in [7, 11) is -4.05. The number of aromatic hydroxyl groups is 1. The molecule has 4 rings (SSSR count). The van der Waals surface area contributed by atoms with Crippen LogP contribution in [0.3, 0.4) is 0 Å². The Labute approximate surface area is 192 Å². The van der Waals surface area contributed by atoms with Crippen LogP contribution in [-0.4, -0.2) is 31.0 Å². The third-order valence-electron chi connectivity index (χ3n) is 4.63.